The molecular formula is C42H44N6O7. The van der Waals surface area contributed by atoms with Gasteiger partial charge in [-0.15, -0.1) is 5.10 Å². The molecule has 2 fully saturated rings. The zero-order chi connectivity index (χ0) is 38.3. The molecule has 0 aliphatic carbocycles. The Morgan fingerprint density at radius 1 is 0.927 bits per heavy atom. The molecule has 0 radical (unpaired) electrons. The summed E-state index contributed by atoms with van der Waals surface area (Å²) in [5.74, 6) is -3.98. The third kappa shape index (κ3) is 6.40. The second-order valence-corrected chi connectivity index (χ2v) is 14.8. The number of ether oxygens (including phenoxy) is 2. The van der Waals surface area contributed by atoms with E-state index in [2.05, 4.69) is 10.3 Å². The number of carbonyl (C=O) groups excluding carboxylic acids is 4. The number of para-hydroxylation sites is 1. The SMILES string of the molecule is C[C@@H]1[C@@H](c2ccccc2)OC(=O)[C@@H]2[C@H]3C(=O)N([C@@H](CO)Cc4ccccc4)[C@@H]4C(=O)N(Cn5nnc6ccccc65)CC=C[C@]34O[C@@H]2/C=C\CCC(=O)N1C. The number of likely N-dealkylation sites (tertiary alicyclic amines) is 1. The Balaban J connectivity index is 1.22. The van der Waals surface area contributed by atoms with Gasteiger partial charge < -0.3 is 29.3 Å². The van der Waals surface area contributed by atoms with Crippen LogP contribution in [0.1, 0.15) is 37.0 Å². The Bertz CT molecular complexity index is 2140. The number of esters is 1. The summed E-state index contributed by atoms with van der Waals surface area (Å²) in [4.78, 5) is 63.0. The number of carbonyl (C=O) groups is 4. The van der Waals surface area contributed by atoms with Gasteiger partial charge in [0.25, 0.3) is 5.91 Å². The van der Waals surface area contributed by atoms with Crippen LogP contribution in [0.25, 0.3) is 11.0 Å². The van der Waals surface area contributed by atoms with Crippen molar-refractivity contribution in [2.75, 3.05) is 20.2 Å². The fraction of sp³-hybridized carbons (Fsp3) is 0.381. The Kier molecular flexibility index (Phi) is 9.82. The number of likely N-dealkylation sites (N-methyl/N-ethyl adjacent to an activating group) is 1. The maximum atomic E-state index is 15.2. The normalized spacial score (nSPS) is 29.5. The van der Waals surface area contributed by atoms with Crippen molar-refractivity contribution in [3.05, 3.63) is 120 Å². The third-order valence-corrected chi connectivity index (χ3v) is 11.6. The van der Waals surface area contributed by atoms with E-state index in [1.165, 1.54) is 4.90 Å². The maximum absolute atomic E-state index is 15.2. The summed E-state index contributed by atoms with van der Waals surface area (Å²) < 4.78 is 15.0. The first-order chi connectivity index (χ1) is 26.7. The van der Waals surface area contributed by atoms with E-state index in [1.807, 2.05) is 91.9 Å². The smallest absolute Gasteiger partial charge is 0.313 e. The van der Waals surface area contributed by atoms with Crippen molar-refractivity contribution in [2.45, 2.75) is 68.8 Å². The summed E-state index contributed by atoms with van der Waals surface area (Å²) in [7, 11) is 1.70. The topological polar surface area (TPSA) is 147 Å². The van der Waals surface area contributed by atoms with Crippen molar-refractivity contribution in [3.63, 3.8) is 0 Å². The molecule has 5 heterocycles. The first kappa shape index (κ1) is 36.3. The van der Waals surface area contributed by atoms with Crippen molar-refractivity contribution < 1.29 is 33.8 Å². The number of fused-ring (bicyclic) bond motifs is 3. The minimum Gasteiger partial charge on any atom is -0.455 e. The van der Waals surface area contributed by atoms with E-state index in [4.69, 9.17) is 9.47 Å². The molecule has 8 rings (SSSR count). The minimum absolute atomic E-state index is 0.0401. The van der Waals surface area contributed by atoms with E-state index in [9.17, 15) is 14.7 Å². The molecular weight excluding hydrogens is 700 g/mol. The average molecular weight is 745 g/mol. The molecule has 4 aliphatic rings. The predicted octanol–water partition coefficient (Wildman–Crippen LogP) is 3.45. The van der Waals surface area contributed by atoms with Crippen LogP contribution in [0.4, 0.5) is 0 Å². The summed E-state index contributed by atoms with van der Waals surface area (Å²) in [5, 5.41) is 19.5. The van der Waals surface area contributed by atoms with Crippen LogP contribution in [-0.2, 0) is 41.7 Å². The van der Waals surface area contributed by atoms with E-state index in [1.54, 1.807) is 45.8 Å². The van der Waals surface area contributed by atoms with Crippen molar-refractivity contribution >= 4 is 34.7 Å². The summed E-state index contributed by atoms with van der Waals surface area (Å²) >= 11 is 0. The summed E-state index contributed by atoms with van der Waals surface area (Å²) in [5.41, 5.74) is 1.39. The van der Waals surface area contributed by atoms with Gasteiger partial charge in [0.05, 0.1) is 36.2 Å². The molecule has 284 valence electrons. The molecule has 0 bridgehead atoms. The molecule has 1 N–H and O–H groups in total. The van der Waals surface area contributed by atoms with Crippen LogP contribution >= 0.6 is 0 Å². The van der Waals surface area contributed by atoms with Crippen LogP contribution in [0, 0.1) is 11.8 Å². The molecule has 8 atom stereocenters. The van der Waals surface area contributed by atoms with Gasteiger partial charge in [-0.1, -0.05) is 102 Å². The number of aliphatic hydroxyl groups excluding tert-OH is 1. The fourth-order valence-electron chi connectivity index (χ4n) is 8.72. The molecule has 55 heavy (non-hydrogen) atoms. The molecule has 3 aromatic carbocycles. The number of hydrogen-bond donors (Lipinski definition) is 1. The van der Waals surface area contributed by atoms with E-state index < -0.39 is 72.2 Å². The molecule has 13 nitrogen and oxygen atoms in total. The van der Waals surface area contributed by atoms with Gasteiger partial charge in [0.15, 0.2) is 0 Å². The predicted molar refractivity (Wildman–Crippen MR) is 200 cm³/mol. The molecule has 2 saturated heterocycles. The zero-order valence-electron chi connectivity index (χ0n) is 30.8. The zero-order valence-corrected chi connectivity index (χ0v) is 30.8. The highest BCUT2D eigenvalue weighted by atomic mass is 16.6. The van der Waals surface area contributed by atoms with Crippen LogP contribution in [-0.4, -0.2) is 109 Å². The lowest BCUT2D eigenvalue weighted by Gasteiger charge is -2.38. The first-order valence-corrected chi connectivity index (χ1v) is 18.8. The molecule has 4 aliphatic heterocycles. The van der Waals surface area contributed by atoms with Gasteiger partial charge in [0.1, 0.15) is 35.9 Å². The van der Waals surface area contributed by atoms with Gasteiger partial charge in [0, 0.05) is 20.0 Å². The van der Waals surface area contributed by atoms with Crippen molar-refractivity contribution in [1.82, 2.24) is 29.7 Å². The maximum Gasteiger partial charge on any atom is 0.313 e. The van der Waals surface area contributed by atoms with Gasteiger partial charge in [-0.25, -0.2) is 4.68 Å². The van der Waals surface area contributed by atoms with Gasteiger partial charge in [0.2, 0.25) is 11.8 Å². The minimum atomic E-state index is -1.59. The molecule has 0 unspecified atom stereocenters. The standard InChI is InChI=1S/C42H44N6O7/c1-27-37(29-16-7-4-8-17-29)54-41(53)35-33(20-11-12-21-34(50)45(27)2)55-42-22-13-23-46(26-47-32-19-10-9-18-31(32)43-44-47)40(52)38(42)48(39(51)36(35)42)30(25-49)24-28-14-5-3-6-15-28/h3-11,13-20,22,27,30,33,35-38,49H,12,21,23-26H2,1-2H3/b20-11-/t27-,30-,33-,35+,36+,37+,38-,42+/m1/s1. The number of nitrogens with zero attached hydrogens (tertiary/aromatic N) is 6. The van der Waals surface area contributed by atoms with Crippen LogP contribution in [0.5, 0.6) is 0 Å². The quantitative estimate of drug-likeness (QED) is 0.222. The number of benzene rings is 3. The van der Waals surface area contributed by atoms with Gasteiger partial charge in [-0.2, -0.15) is 0 Å². The second-order valence-electron chi connectivity index (χ2n) is 14.8. The van der Waals surface area contributed by atoms with Crippen molar-refractivity contribution in [1.29, 1.82) is 0 Å². The number of aromatic nitrogens is 3. The van der Waals surface area contributed by atoms with E-state index in [-0.39, 0.29) is 32.0 Å². The number of amides is 3. The Morgan fingerprint density at radius 2 is 1.65 bits per heavy atom. The molecule has 4 aromatic rings. The highest BCUT2D eigenvalue weighted by Crippen LogP contribution is 2.54. The second kappa shape index (κ2) is 14.9. The van der Waals surface area contributed by atoms with Crippen molar-refractivity contribution in [2.24, 2.45) is 11.8 Å². The fourth-order valence-corrected chi connectivity index (χ4v) is 8.72. The van der Waals surface area contributed by atoms with Gasteiger partial charge >= 0.3 is 5.97 Å². The Morgan fingerprint density at radius 3 is 2.42 bits per heavy atom. The highest BCUT2D eigenvalue weighted by Gasteiger charge is 2.72. The number of allylic oxidation sites excluding steroid dienone is 1. The summed E-state index contributed by atoms with van der Waals surface area (Å²) in [6, 6.07) is 23.5. The average Bonchev–Trinajstić information content (AvgIpc) is 3.81. The summed E-state index contributed by atoms with van der Waals surface area (Å²) in [6.07, 6.45) is 6.14. The molecule has 1 spiro atoms. The van der Waals surface area contributed by atoms with Crippen LogP contribution < -0.4 is 0 Å². The third-order valence-electron chi connectivity index (χ3n) is 11.6. The van der Waals surface area contributed by atoms with Gasteiger partial charge in [-0.05, 0) is 43.0 Å². The van der Waals surface area contributed by atoms with E-state index in [0.717, 1.165) is 11.1 Å². The molecule has 1 aromatic heterocycles. The summed E-state index contributed by atoms with van der Waals surface area (Å²) in [6.45, 7) is 1.61. The lowest BCUT2D eigenvalue weighted by molar-refractivity contribution is -0.164. The highest BCUT2D eigenvalue weighted by molar-refractivity contribution is 5.99. The Hall–Kier alpha value is -5.66. The molecule has 3 amide bonds. The Labute approximate surface area is 318 Å². The molecule has 0 saturated carbocycles. The van der Waals surface area contributed by atoms with Gasteiger partial charge in [-0.3, -0.25) is 19.2 Å². The van der Waals surface area contributed by atoms with Crippen LogP contribution in [0.15, 0.2) is 109 Å². The first-order valence-electron chi connectivity index (χ1n) is 18.8. The number of cyclic esters (lactones) is 1. The lowest BCUT2D eigenvalue weighted by atomic mass is 9.77. The lowest BCUT2D eigenvalue weighted by Crippen LogP contribution is -2.58. The van der Waals surface area contributed by atoms with Crippen LogP contribution in [0.3, 0.4) is 0 Å². The molecule has 13 heteroatoms. The van der Waals surface area contributed by atoms with Crippen molar-refractivity contribution in [3.8, 4) is 0 Å². The largest absolute Gasteiger partial charge is 0.455 e. The number of rotatable bonds is 7. The number of aliphatic hydroxyl groups is 1. The number of hydrogen-bond acceptors (Lipinski definition) is 9. The van der Waals surface area contributed by atoms with E-state index in [0.29, 0.717) is 17.5 Å². The van der Waals surface area contributed by atoms with E-state index >= 15 is 9.59 Å². The monoisotopic (exact) mass is 744 g/mol. The van der Waals surface area contributed by atoms with Crippen LogP contribution in [0.2, 0.25) is 0 Å².